The molecular weight excluding hydrogens is 426 g/mol. The first kappa shape index (κ1) is 19.7. The highest BCUT2D eigenvalue weighted by Gasteiger charge is 2.17. The number of thiophene rings is 1. The maximum absolute atomic E-state index is 12.8. The van der Waals surface area contributed by atoms with Crippen molar-refractivity contribution in [2.45, 2.75) is 12.1 Å². The van der Waals surface area contributed by atoms with Crippen molar-refractivity contribution in [3.05, 3.63) is 74.9 Å². The number of nitrogens with zero attached hydrogens (tertiary/aromatic N) is 1. The van der Waals surface area contributed by atoms with Gasteiger partial charge in [-0.15, -0.1) is 11.3 Å². The zero-order valence-electron chi connectivity index (χ0n) is 15.4. The fraction of sp³-hybridized carbons (Fsp3) is 0.0952. The van der Waals surface area contributed by atoms with E-state index in [1.165, 1.54) is 23.1 Å². The van der Waals surface area contributed by atoms with Crippen LogP contribution in [-0.4, -0.2) is 21.6 Å². The van der Waals surface area contributed by atoms with Crippen molar-refractivity contribution in [3.8, 4) is 11.1 Å². The number of amides is 1. The number of thioether (sulfide) groups is 1. The SMILES string of the molecule is Cc1sc2nc(SCC(=O)Nc3ccccc3Cl)[nH]c(=O)c2c1-c1ccccc1. The number of H-pyrrole nitrogens is 1. The van der Waals surface area contributed by atoms with Gasteiger partial charge >= 0.3 is 0 Å². The van der Waals surface area contributed by atoms with E-state index in [4.69, 9.17) is 11.6 Å². The number of aryl methyl sites for hydroxylation is 1. The first-order valence-electron chi connectivity index (χ1n) is 8.79. The topological polar surface area (TPSA) is 74.8 Å². The molecule has 8 heteroatoms. The molecule has 2 heterocycles. The molecule has 0 bridgehead atoms. The van der Waals surface area contributed by atoms with Crippen LogP contribution in [0.2, 0.25) is 5.02 Å². The van der Waals surface area contributed by atoms with Gasteiger partial charge in [0.2, 0.25) is 5.91 Å². The Labute approximate surface area is 180 Å². The predicted molar refractivity (Wildman–Crippen MR) is 121 cm³/mol. The van der Waals surface area contributed by atoms with Gasteiger partial charge in [-0.05, 0) is 24.6 Å². The second-order valence-electron chi connectivity index (χ2n) is 6.27. The lowest BCUT2D eigenvalue weighted by molar-refractivity contribution is -0.113. The highest BCUT2D eigenvalue weighted by molar-refractivity contribution is 7.99. The third-order valence-corrected chi connectivity index (χ3v) is 6.47. The number of para-hydroxylation sites is 1. The molecule has 2 N–H and O–H groups in total. The monoisotopic (exact) mass is 441 g/mol. The number of nitrogens with one attached hydrogen (secondary N) is 2. The Morgan fingerprint density at radius 3 is 2.66 bits per heavy atom. The summed E-state index contributed by atoms with van der Waals surface area (Å²) in [6, 6.07) is 16.8. The number of fused-ring (bicyclic) bond motifs is 1. The van der Waals surface area contributed by atoms with Gasteiger partial charge in [0.05, 0.1) is 21.8 Å². The van der Waals surface area contributed by atoms with Crippen LogP contribution in [0, 0.1) is 6.92 Å². The Balaban J connectivity index is 1.56. The van der Waals surface area contributed by atoms with Crippen molar-refractivity contribution in [1.82, 2.24) is 9.97 Å². The maximum atomic E-state index is 12.8. The number of carbonyl (C=O) groups excluding carboxylic acids is 1. The van der Waals surface area contributed by atoms with E-state index in [0.717, 1.165) is 16.0 Å². The summed E-state index contributed by atoms with van der Waals surface area (Å²) in [5.41, 5.74) is 2.25. The van der Waals surface area contributed by atoms with E-state index >= 15 is 0 Å². The molecule has 0 aliphatic carbocycles. The molecule has 146 valence electrons. The van der Waals surface area contributed by atoms with Gasteiger partial charge < -0.3 is 10.3 Å². The standard InChI is InChI=1S/C21H16ClN3O2S2/c1-12-17(13-7-3-2-4-8-13)18-19(27)24-21(25-20(18)29-12)28-11-16(26)23-15-10-6-5-9-14(15)22/h2-10H,11H2,1H3,(H,23,26)(H,24,25,27). The van der Waals surface area contributed by atoms with Crippen LogP contribution < -0.4 is 10.9 Å². The second kappa shape index (κ2) is 8.41. The number of aromatic nitrogens is 2. The van der Waals surface area contributed by atoms with E-state index in [1.54, 1.807) is 24.3 Å². The van der Waals surface area contributed by atoms with Gasteiger partial charge in [0.15, 0.2) is 5.16 Å². The van der Waals surface area contributed by atoms with Crippen LogP contribution in [-0.2, 0) is 4.79 Å². The summed E-state index contributed by atoms with van der Waals surface area (Å²) in [6.07, 6.45) is 0. The number of carbonyl (C=O) groups is 1. The lowest BCUT2D eigenvalue weighted by atomic mass is 10.0. The number of halogens is 1. The third kappa shape index (κ3) is 4.22. The summed E-state index contributed by atoms with van der Waals surface area (Å²) < 4.78 is 0. The van der Waals surface area contributed by atoms with Crippen LogP contribution >= 0.6 is 34.7 Å². The number of benzene rings is 2. The first-order valence-corrected chi connectivity index (χ1v) is 11.0. The molecule has 4 aromatic rings. The van der Waals surface area contributed by atoms with E-state index in [0.29, 0.717) is 26.1 Å². The number of rotatable bonds is 5. The molecule has 29 heavy (non-hydrogen) atoms. The molecule has 0 atom stereocenters. The molecule has 5 nitrogen and oxygen atoms in total. The van der Waals surface area contributed by atoms with E-state index < -0.39 is 0 Å². The van der Waals surface area contributed by atoms with Gasteiger partial charge in [0.25, 0.3) is 5.56 Å². The average Bonchev–Trinajstić information content (AvgIpc) is 3.05. The zero-order chi connectivity index (χ0) is 20.4. The summed E-state index contributed by atoms with van der Waals surface area (Å²) in [4.78, 5) is 34.0. The van der Waals surface area contributed by atoms with Gasteiger partial charge in [-0.1, -0.05) is 65.8 Å². The molecular formula is C21H16ClN3O2S2. The summed E-state index contributed by atoms with van der Waals surface area (Å²) >= 11 is 8.72. The van der Waals surface area contributed by atoms with Crippen molar-refractivity contribution >= 4 is 56.5 Å². The Kier molecular flexibility index (Phi) is 5.71. The van der Waals surface area contributed by atoms with Crippen LogP contribution in [0.15, 0.2) is 64.5 Å². The van der Waals surface area contributed by atoms with Crippen LogP contribution in [0.4, 0.5) is 5.69 Å². The second-order valence-corrected chi connectivity index (χ2v) is 8.84. The van der Waals surface area contributed by atoms with Crippen molar-refractivity contribution in [2.24, 2.45) is 0 Å². The fourth-order valence-corrected chi connectivity index (χ4v) is 4.95. The molecule has 0 saturated heterocycles. The van der Waals surface area contributed by atoms with Gasteiger partial charge in [0, 0.05) is 10.4 Å². The van der Waals surface area contributed by atoms with E-state index in [-0.39, 0.29) is 17.2 Å². The molecule has 2 aromatic heterocycles. The summed E-state index contributed by atoms with van der Waals surface area (Å²) in [7, 11) is 0. The Morgan fingerprint density at radius 2 is 1.90 bits per heavy atom. The zero-order valence-corrected chi connectivity index (χ0v) is 17.8. The van der Waals surface area contributed by atoms with E-state index in [9.17, 15) is 9.59 Å². The Hall–Kier alpha value is -2.61. The quantitative estimate of drug-likeness (QED) is 0.323. The van der Waals surface area contributed by atoms with Crippen molar-refractivity contribution in [2.75, 3.05) is 11.1 Å². The minimum atomic E-state index is -0.224. The van der Waals surface area contributed by atoms with Gasteiger partial charge in [-0.25, -0.2) is 4.98 Å². The van der Waals surface area contributed by atoms with Gasteiger partial charge in [0.1, 0.15) is 4.83 Å². The average molecular weight is 442 g/mol. The molecule has 0 unspecified atom stereocenters. The number of aromatic amines is 1. The number of hydrogen-bond acceptors (Lipinski definition) is 5. The highest BCUT2D eigenvalue weighted by Crippen LogP contribution is 2.35. The molecule has 0 saturated carbocycles. The summed E-state index contributed by atoms with van der Waals surface area (Å²) in [5, 5.41) is 4.23. The molecule has 4 rings (SSSR count). The van der Waals surface area contributed by atoms with Crippen molar-refractivity contribution < 1.29 is 4.79 Å². The minimum absolute atomic E-state index is 0.107. The Morgan fingerprint density at radius 1 is 1.17 bits per heavy atom. The predicted octanol–water partition coefficient (Wildman–Crippen LogP) is 5.34. The summed E-state index contributed by atoms with van der Waals surface area (Å²) in [5.74, 6) is -0.117. The van der Waals surface area contributed by atoms with Crippen molar-refractivity contribution in [3.63, 3.8) is 0 Å². The lowest BCUT2D eigenvalue weighted by Gasteiger charge is -2.06. The van der Waals surface area contributed by atoms with Crippen LogP contribution in [0.5, 0.6) is 0 Å². The van der Waals surface area contributed by atoms with Crippen LogP contribution in [0.1, 0.15) is 4.88 Å². The maximum Gasteiger partial charge on any atom is 0.260 e. The number of anilines is 1. The first-order chi connectivity index (χ1) is 14.0. The van der Waals surface area contributed by atoms with Gasteiger partial charge in [-0.2, -0.15) is 0 Å². The summed E-state index contributed by atoms with van der Waals surface area (Å²) in [6.45, 7) is 1.98. The molecule has 0 spiro atoms. The lowest BCUT2D eigenvalue weighted by Crippen LogP contribution is -2.15. The van der Waals surface area contributed by atoms with Crippen molar-refractivity contribution in [1.29, 1.82) is 0 Å². The number of hydrogen-bond donors (Lipinski definition) is 2. The normalized spacial score (nSPS) is 11.0. The largest absolute Gasteiger partial charge is 0.324 e. The van der Waals surface area contributed by atoms with Crippen LogP contribution in [0.3, 0.4) is 0 Å². The van der Waals surface area contributed by atoms with E-state index in [2.05, 4.69) is 15.3 Å². The smallest absolute Gasteiger partial charge is 0.260 e. The van der Waals surface area contributed by atoms with Crippen LogP contribution in [0.25, 0.3) is 21.3 Å². The Bertz CT molecular complexity index is 1250. The molecule has 0 aliphatic heterocycles. The van der Waals surface area contributed by atoms with E-state index in [1.807, 2.05) is 37.3 Å². The molecule has 2 aromatic carbocycles. The molecule has 0 radical (unpaired) electrons. The van der Waals surface area contributed by atoms with Gasteiger partial charge in [-0.3, -0.25) is 9.59 Å². The molecule has 1 amide bonds. The minimum Gasteiger partial charge on any atom is -0.324 e. The molecule has 0 fully saturated rings. The third-order valence-electron chi connectivity index (χ3n) is 4.27. The fourth-order valence-electron chi connectivity index (χ4n) is 3.00. The highest BCUT2D eigenvalue weighted by atomic mass is 35.5. The molecule has 0 aliphatic rings.